The summed E-state index contributed by atoms with van der Waals surface area (Å²) in [7, 11) is 0. The summed E-state index contributed by atoms with van der Waals surface area (Å²) in [6.45, 7) is 1.40. The van der Waals surface area contributed by atoms with Gasteiger partial charge in [0.05, 0.1) is 25.2 Å². The number of hydrogen-bond acceptors (Lipinski definition) is 3. The van der Waals surface area contributed by atoms with E-state index in [2.05, 4.69) is 23.5 Å². The largest absolute Gasteiger partial charge is 0.481 e. The number of benzene rings is 1. The van der Waals surface area contributed by atoms with E-state index in [4.69, 9.17) is 9.84 Å². The van der Waals surface area contributed by atoms with Gasteiger partial charge in [-0.15, -0.1) is 0 Å². The Kier molecular flexibility index (Phi) is 4.03. The van der Waals surface area contributed by atoms with Gasteiger partial charge in [-0.1, -0.05) is 24.3 Å². The van der Waals surface area contributed by atoms with Crippen molar-refractivity contribution < 1.29 is 14.6 Å². The van der Waals surface area contributed by atoms with Crippen LogP contribution in [0, 0.1) is 5.92 Å². The number of carboxylic acid groups (broad SMARTS) is 1. The highest BCUT2D eigenvalue weighted by Crippen LogP contribution is 2.29. The van der Waals surface area contributed by atoms with Crippen molar-refractivity contribution in [1.29, 1.82) is 0 Å². The molecule has 4 nitrogen and oxygen atoms in total. The maximum atomic E-state index is 11.0. The molecule has 1 saturated carbocycles. The van der Waals surface area contributed by atoms with Gasteiger partial charge in [-0.2, -0.15) is 0 Å². The number of fused-ring (bicyclic) bond motifs is 1. The standard InChI is InChI=1S/C16H21NO3/c18-16(19)11-5-7-13(8-6-11)17-15-10-20-9-12-3-1-2-4-14(12)15/h1-4,11,13,15,17H,5-10H2,(H,18,19). The highest BCUT2D eigenvalue weighted by atomic mass is 16.5. The van der Waals surface area contributed by atoms with Crippen molar-refractivity contribution in [3.63, 3.8) is 0 Å². The second-order valence-electron chi connectivity index (χ2n) is 5.82. The first-order valence-electron chi connectivity index (χ1n) is 7.38. The number of rotatable bonds is 3. The molecule has 1 heterocycles. The summed E-state index contributed by atoms with van der Waals surface area (Å²) >= 11 is 0. The molecule has 1 atom stereocenters. The lowest BCUT2D eigenvalue weighted by Gasteiger charge is -2.33. The van der Waals surface area contributed by atoms with Gasteiger partial charge in [-0.3, -0.25) is 4.79 Å². The number of carbonyl (C=O) groups is 1. The van der Waals surface area contributed by atoms with E-state index in [1.807, 2.05) is 6.07 Å². The Morgan fingerprint density at radius 2 is 1.95 bits per heavy atom. The molecule has 0 radical (unpaired) electrons. The fourth-order valence-electron chi connectivity index (χ4n) is 3.31. The van der Waals surface area contributed by atoms with E-state index in [9.17, 15) is 4.79 Å². The molecule has 0 bridgehead atoms. The van der Waals surface area contributed by atoms with Gasteiger partial charge < -0.3 is 15.2 Å². The summed E-state index contributed by atoms with van der Waals surface area (Å²) in [6.07, 6.45) is 3.44. The zero-order valence-electron chi connectivity index (χ0n) is 11.5. The van der Waals surface area contributed by atoms with Gasteiger partial charge in [-0.05, 0) is 36.8 Å². The first-order valence-corrected chi connectivity index (χ1v) is 7.38. The molecule has 1 unspecified atom stereocenters. The molecule has 2 N–H and O–H groups in total. The molecule has 20 heavy (non-hydrogen) atoms. The molecule has 0 spiro atoms. The molecular formula is C16H21NO3. The van der Waals surface area contributed by atoms with Crippen LogP contribution in [-0.2, 0) is 16.1 Å². The molecule has 0 saturated heterocycles. The van der Waals surface area contributed by atoms with Crippen LogP contribution in [0.3, 0.4) is 0 Å². The van der Waals surface area contributed by atoms with E-state index >= 15 is 0 Å². The van der Waals surface area contributed by atoms with Crippen LogP contribution < -0.4 is 5.32 Å². The van der Waals surface area contributed by atoms with Crippen LogP contribution in [0.1, 0.15) is 42.9 Å². The molecule has 3 rings (SSSR count). The van der Waals surface area contributed by atoms with E-state index in [0.717, 1.165) is 25.7 Å². The molecule has 1 fully saturated rings. The van der Waals surface area contributed by atoms with Crippen molar-refractivity contribution in [2.45, 2.75) is 44.4 Å². The quantitative estimate of drug-likeness (QED) is 0.890. The lowest BCUT2D eigenvalue weighted by atomic mass is 9.85. The normalized spacial score (nSPS) is 29.7. The Labute approximate surface area is 119 Å². The highest BCUT2D eigenvalue weighted by Gasteiger charge is 2.29. The minimum Gasteiger partial charge on any atom is -0.481 e. The number of hydrogen-bond donors (Lipinski definition) is 2. The maximum Gasteiger partial charge on any atom is 0.306 e. The number of ether oxygens (including phenoxy) is 1. The lowest BCUT2D eigenvalue weighted by Crippen LogP contribution is -2.40. The summed E-state index contributed by atoms with van der Waals surface area (Å²) in [5, 5.41) is 12.7. The first-order chi connectivity index (χ1) is 9.74. The number of nitrogens with one attached hydrogen (secondary N) is 1. The van der Waals surface area contributed by atoms with Gasteiger partial charge >= 0.3 is 5.97 Å². The highest BCUT2D eigenvalue weighted by molar-refractivity contribution is 5.70. The van der Waals surface area contributed by atoms with E-state index in [1.165, 1.54) is 11.1 Å². The van der Waals surface area contributed by atoms with Crippen LogP contribution in [0.5, 0.6) is 0 Å². The third kappa shape index (κ3) is 2.86. The Hall–Kier alpha value is -1.39. The van der Waals surface area contributed by atoms with Crippen LogP contribution >= 0.6 is 0 Å². The van der Waals surface area contributed by atoms with Crippen LogP contribution in [-0.4, -0.2) is 23.7 Å². The predicted molar refractivity (Wildman–Crippen MR) is 75.4 cm³/mol. The van der Waals surface area contributed by atoms with Gasteiger partial charge in [0.25, 0.3) is 0 Å². The minimum absolute atomic E-state index is 0.150. The Morgan fingerprint density at radius 1 is 1.20 bits per heavy atom. The van der Waals surface area contributed by atoms with Crippen molar-refractivity contribution in [2.75, 3.05) is 6.61 Å². The second kappa shape index (κ2) is 5.94. The van der Waals surface area contributed by atoms with Gasteiger partial charge in [0, 0.05) is 6.04 Å². The van der Waals surface area contributed by atoms with E-state index in [-0.39, 0.29) is 12.0 Å². The van der Waals surface area contributed by atoms with Crippen molar-refractivity contribution in [3.05, 3.63) is 35.4 Å². The second-order valence-corrected chi connectivity index (χ2v) is 5.82. The van der Waals surface area contributed by atoms with Gasteiger partial charge in [0.2, 0.25) is 0 Å². The Balaban J connectivity index is 1.61. The molecule has 1 aromatic rings. The zero-order valence-corrected chi connectivity index (χ0v) is 11.5. The third-order valence-electron chi connectivity index (χ3n) is 4.49. The van der Waals surface area contributed by atoms with Gasteiger partial charge in [0.1, 0.15) is 0 Å². The molecule has 1 aliphatic carbocycles. The van der Waals surface area contributed by atoms with E-state index < -0.39 is 5.97 Å². The average Bonchev–Trinajstić information content (AvgIpc) is 2.48. The van der Waals surface area contributed by atoms with Crippen molar-refractivity contribution >= 4 is 5.97 Å². The minimum atomic E-state index is -0.644. The monoisotopic (exact) mass is 275 g/mol. The molecule has 0 amide bonds. The maximum absolute atomic E-state index is 11.0. The van der Waals surface area contributed by atoms with Crippen molar-refractivity contribution in [1.82, 2.24) is 5.32 Å². The van der Waals surface area contributed by atoms with Crippen LogP contribution in [0.15, 0.2) is 24.3 Å². The van der Waals surface area contributed by atoms with Crippen molar-refractivity contribution in [2.24, 2.45) is 5.92 Å². The SMILES string of the molecule is O=C(O)C1CCC(NC2COCc3ccccc32)CC1. The Morgan fingerprint density at radius 3 is 2.70 bits per heavy atom. The van der Waals surface area contributed by atoms with Crippen LogP contribution in [0.4, 0.5) is 0 Å². The van der Waals surface area contributed by atoms with E-state index in [0.29, 0.717) is 19.3 Å². The van der Waals surface area contributed by atoms with E-state index in [1.54, 1.807) is 0 Å². The van der Waals surface area contributed by atoms with Gasteiger partial charge in [-0.25, -0.2) is 0 Å². The third-order valence-corrected chi connectivity index (χ3v) is 4.49. The molecule has 4 heteroatoms. The summed E-state index contributed by atoms with van der Waals surface area (Å²) in [4.78, 5) is 11.0. The summed E-state index contributed by atoms with van der Waals surface area (Å²) in [5.74, 6) is -0.794. The number of aliphatic carboxylic acids is 1. The summed E-state index contributed by atoms with van der Waals surface area (Å²) in [5.41, 5.74) is 2.59. The topological polar surface area (TPSA) is 58.6 Å². The summed E-state index contributed by atoms with van der Waals surface area (Å²) in [6, 6.07) is 9.04. The average molecular weight is 275 g/mol. The zero-order chi connectivity index (χ0) is 13.9. The van der Waals surface area contributed by atoms with Crippen LogP contribution in [0.2, 0.25) is 0 Å². The van der Waals surface area contributed by atoms with Gasteiger partial charge in [0.15, 0.2) is 0 Å². The molecule has 1 aliphatic heterocycles. The number of carboxylic acids is 1. The van der Waals surface area contributed by atoms with Crippen LogP contribution in [0.25, 0.3) is 0 Å². The fourth-order valence-corrected chi connectivity index (χ4v) is 3.31. The molecule has 0 aromatic heterocycles. The molecule has 2 aliphatic rings. The Bertz CT molecular complexity index is 480. The van der Waals surface area contributed by atoms with Crippen molar-refractivity contribution in [3.8, 4) is 0 Å². The molecule has 1 aromatic carbocycles. The first kappa shape index (κ1) is 13.6. The lowest BCUT2D eigenvalue weighted by molar-refractivity contribution is -0.142. The summed E-state index contributed by atoms with van der Waals surface area (Å²) < 4.78 is 5.65. The predicted octanol–water partition coefficient (Wildman–Crippen LogP) is 2.49. The fraction of sp³-hybridized carbons (Fsp3) is 0.562. The smallest absolute Gasteiger partial charge is 0.306 e. The molecule has 108 valence electrons. The molecular weight excluding hydrogens is 254 g/mol.